The van der Waals surface area contributed by atoms with Gasteiger partial charge in [-0.05, 0) is 54.6 Å². The van der Waals surface area contributed by atoms with Gasteiger partial charge in [0.25, 0.3) is 0 Å². The summed E-state index contributed by atoms with van der Waals surface area (Å²) in [6, 6.07) is 8.74. The lowest BCUT2D eigenvalue weighted by atomic mass is 9.68. The van der Waals surface area contributed by atoms with E-state index in [1.54, 1.807) is 0 Å². The van der Waals surface area contributed by atoms with Crippen LogP contribution in [-0.4, -0.2) is 6.08 Å². The number of nitrogens with zero attached hydrogens (tertiary/aromatic N) is 1. The monoisotopic (exact) mass is 297 g/mol. The van der Waals surface area contributed by atoms with Gasteiger partial charge in [0.2, 0.25) is 6.08 Å². The first-order valence-electron chi connectivity index (χ1n) is 8.75. The summed E-state index contributed by atoms with van der Waals surface area (Å²) in [4.78, 5) is 15.4. The quantitative estimate of drug-likeness (QED) is 0.537. The van der Waals surface area contributed by atoms with Crippen LogP contribution in [0.5, 0.6) is 0 Å². The first kappa shape index (κ1) is 15.5. The predicted molar refractivity (Wildman–Crippen MR) is 89.7 cm³/mol. The zero-order valence-electron chi connectivity index (χ0n) is 13.9. The third-order valence-electron chi connectivity index (χ3n) is 5.80. The zero-order valence-corrected chi connectivity index (χ0v) is 13.9. The summed E-state index contributed by atoms with van der Waals surface area (Å²) in [5.74, 6) is 0.610. The Kier molecular flexibility index (Phi) is 4.23. The van der Waals surface area contributed by atoms with Crippen molar-refractivity contribution in [1.82, 2.24) is 0 Å². The van der Waals surface area contributed by atoms with Crippen molar-refractivity contribution in [1.29, 1.82) is 0 Å². The summed E-state index contributed by atoms with van der Waals surface area (Å²) in [7, 11) is 0. The van der Waals surface area contributed by atoms with Gasteiger partial charge in [-0.3, -0.25) is 0 Å². The van der Waals surface area contributed by atoms with Crippen LogP contribution < -0.4 is 0 Å². The van der Waals surface area contributed by atoms with Crippen molar-refractivity contribution in [2.45, 2.75) is 76.7 Å². The van der Waals surface area contributed by atoms with Crippen LogP contribution in [0.2, 0.25) is 0 Å². The minimum atomic E-state index is -0.292. The fourth-order valence-electron chi connectivity index (χ4n) is 4.73. The third-order valence-corrected chi connectivity index (χ3v) is 5.80. The largest absolute Gasteiger partial charge is 0.235 e. The number of carbonyl (C=O) groups excluding carboxylic acids is 1. The van der Waals surface area contributed by atoms with Crippen molar-refractivity contribution in [3.63, 3.8) is 0 Å². The highest BCUT2D eigenvalue weighted by Crippen LogP contribution is 2.49. The average Bonchev–Trinajstić information content (AvgIpc) is 2.96. The van der Waals surface area contributed by atoms with E-state index in [1.807, 2.05) is 6.08 Å². The van der Waals surface area contributed by atoms with Crippen molar-refractivity contribution in [2.75, 3.05) is 0 Å². The Hall–Kier alpha value is -1.40. The Morgan fingerprint density at radius 1 is 1.09 bits per heavy atom. The van der Waals surface area contributed by atoms with Crippen LogP contribution in [0, 0.1) is 5.41 Å². The fraction of sp³-hybridized carbons (Fsp3) is 0.650. The van der Waals surface area contributed by atoms with E-state index in [9.17, 15) is 4.79 Å². The Labute approximate surface area is 134 Å². The first-order valence-corrected chi connectivity index (χ1v) is 8.75. The molecule has 1 aromatic carbocycles. The van der Waals surface area contributed by atoms with Gasteiger partial charge in [0.15, 0.2) is 0 Å². The molecule has 0 saturated heterocycles. The maximum absolute atomic E-state index is 11.0. The van der Waals surface area contributed by atoms with Crippen molar-refractivity contribution >= 4 is 6.08 Å². The SMILES string of the molecule is CC1(C)CCCC(c2ccccc2C2(N=C=O)CCCC2)C1. The molecule has 118 valence electrons. The van der Waals surface area contributed by atoms with E-state index < -0.39 is 0 Å². The lowest BCUT2D eigenvalue weighted by Gasteiger charge is -2.38. The first-order chi connectivity index (χ1) is 10.6. The van der Waals surface area contributed by atoms with Gasteiger partial charge in [-0.25, -0.2) is 4.79 Å². The van der Waals surface area contributed by atoms with Crippen LogP contribution in [0.4, 0.5) is 0 Å². The van der Waals surface area contributed by atoms with Gasteiger partial charge in [-0.15, -0.1) is 0 Å². The average molecular weight is 297 g/mol. The van der Waals surface area contributed by atoms with E-state index in [2.05, 4.69) is 43.1 Å². The van der Waals surface area contributed by atoms with Crippen LogP contribution in [0.15, 0.2) is 29.3 Å². The Morgan fingerprint density at radius 3 is 2.50 bits per heavy atom. The van der Waals surface area contributed by atoms with Gasteiger partial charge in [0.1, 0.15) is 0 Å². The standard InChI is InChI=1S/C20H27NO/c1-19(2)11-7-8-16(14-19)17-9-3-4-10-18(17)20(21-15-22)12-5-6-13-20/h3-4,9-10,16H,5-8,11-14H2,1-2H3. The molecule has 3 rings (SSSR count). The Morgan fingerprint density at radius 2 is 1.82 bits per heavy atom. The van der Waals surface area contributed by atoms with Crippen molar-refractivity contribution in [2.24, 2.45) is 10.4 Å². The molecule has 0 heterocycles. The molecule has 2 saturated carbocycles. The highest BCUT2D eigenvalue weighted by molar-refractivity contribution is 5.43. The Balaban J connectivity index is 2.01. The summed E-state index contributed by atoms with van der Waals surface area (Å²) in [6.07, 6.45) is 11.3. The molecule has 2 aliphatic carbocycles. The number of hydrogen-bond donors (Lipinski definition) is 0. The van der Waals surface area contributed by atoms with Gasteiger partial charge in [-0.2, -0.15) is 4.99 Å². The van der Waals surface area contributed by atoms with E-state index in [0.29, 0.717) is 11.3 Å². The number of hydrogen-bond acceptors (Lipinski definition) is 2. The predicted octanol–water partition coefficient (Wildman–Crippen LogP) is 5.48. The molecule has 0 spiro atoms. The molecule has 1 aromatic rings. The second-order valence-corrected chi connectivity index (χ2v) is 7.99. The summed E-state index contributed by atoms with van der Waals surface area (Å²) in [5.41, 5.74) is 2.88. The summed E-state index contributed by atoms with van der Waals surface area (Å²) in [5, 5.41) is 0. The number of aliphatic imine (C=N–C) groups is 1. The van der Waals surface area contributed by atoms with Gasteiger partial charge in [0, 0.05) is 0 Å². The molecule has 1 unspecified atom stereocenters. The molecule has 2 nitrogen and oxygen atoms in total. The molecule has 22 heavy (non-hydrogen) atoms. The molecule has 2 heteroatoms. The van der Waals surface area contributed by atoms with Gasteiger partial charge < -0.3 is 0 Å². The van der Waals surface area contributed by atoms with Crippen molar-refractivity contribution in [3.05, 3.63) is 35.4 Å². The molecule has 1 atom stereocenters. The summed E-state index contributed by atoms with van der Waals surface area (Å²) < 4.78 is 0. The van der Waals surface area contributed by atoms with Crippen LogP contribution >= 0.6 is 0 Å². The van der Waals surface area contributed by atoms with E-state index in [-0.39, 0.29) is 5.54 Å². The molecule has 0 aliphatic heterocycles. The lowest BCUT2D eigenvalue weighted by Crippen LogP contribution is -2.26. The fourth-order valence-corrected chi connectivity index (χ4v) is 4.73. The topological polar surface area (TPSA) is 29.4 Å². The minimum Gasteiger partial charge on any atom is -0.211 e. The van der Waals surface area contributed by atoms with Gasteiger partial charge in [0.05, 0.1) is 5.54 Å². The number of benzene rings is 1. The second-order valence-electron chi connectivity index (χ2n) is 7.99. The van der Waals surface area contributed by atoms with Crippen LogP contribution in [0.25, 0.3) is 0 Å². The van der Waals surface area contributed by atoms with Gasteiger partial charge >= 0.3 is 0 Å². The maximum Gasteiger partial charge on any atom is 0.235 e. The number of isocyanates is 1. The molecule has 2 fully saturated rings. The van der Waals surface area contributed by atoms with E-state index >= 15 is 0 Å². The van der Waals surface area contributed by atoms with Crippen molar-refractivity contribution < 1.29 is 4.79 Å². The van der Waals surface area contributed by atoms with Crippen molar-refractivity contribution in [3.8, 4) is 0 Å². The van der Waals surface area contributed by atoms with Crippen LogP contribution in [0.1, 0.15) is 82.3 Å². The summed E-state index contributed by atoms with van der Waals surface area (Å²) in [6.45, 7) is 4.77. The highest BCUT2D eigenvalue weighted by atomic mass is 16.1. The normalized spacial score (nSPS) is 26.4. The molecular weight excluding hydrogens is 270 g/mol. The third kappa shape index (κ3) is 2.90. The van der Waals surface area contributed by atoms with E-state index in [1.165, 1.54) is 36.8 Å². The molecule has 0 N–H and O–H groups in total. The maximum atomic E-state index is 11.0. The molecule has 0 bridgehead atoms. The van der Waals surface area contributed by atoms with Crippen LogP contribution in [-0.2, 0) is 10.3 Å². The zero-order chi connectivity index (χ0) is 15.6. The molecule has 0 radical (unpaired) electrons. The highest BCUT2D eigenvalue weighted by Gasteiger charge is 2.39. The molecular formula is C20H27NO. The molecule has 2 aliphatic rings. The lowest BCUT2D eigenvalue weighted by molar-refractivity contribution is 0.218. The smallest absolute Gasteiger partial charge is 0.211 e. The molecule has 0 aromatic heterocycles. The van der Waals surface area contributed by atoms with Gasteiger partial charge in [-0.1, -0.05) is 57.4 Å². The number of rotatable bonds is 3. The minimum absolute atomic E-state index is 0.292. The molecule has 0 amide bonds. The van der Waals surface area contributed by atoms with Crippen LogP contribution in [0.3, 0.4) is 0 Å². The van der Waals surface area contributed by atoms with E-state index in [4.69, 9.17) is 0 Å². The summed E-state index contributed by atoms with van der Waals surface area (Å²) >= 11 is 0. The Bertz CT molecular complexity index is 577. The van der Waals surface area contributed by atoms with E-state index in [0.717, 1.165) is 25.7 Å². The second kappa shape index (κ2) is 6.01.